The summed E-state index contributed by atoms with van der Waals surface area (Å²) >= 11 is 0. The summed E-state index contributed by atoms with van der Waals surface area (Å²) in [7, 11) is 1.61. The molecule has 0 fully saturated rings. The lowest BCUT2D eigenvalue weighted by molar-refractivity contribution is -0.119. The molecule has 7 nitrogen and oxygen atoms in total. The molecule has 0 spiro atoms. The van der Waals surface area contributed by atoms with Gasteiger partial charge in [-0.1, -0.05) is 42.5 Å². The highest BCUT2D eigenvalue weighted by Crippen LogP contribution is 2.28. The second kappa shape index (κ2) is 7.73. The minimum Gasteiger partial charge on any atom is -0.322 e. The molecule has 0 saturated heterocycles. The average molecular weight is 427 g/mol. The standard InChI is InChI=1S/C24H18FN5O2/c1-30-19-12-5-3-9-16(19)21(15-8-2-4-11-18(15)25)27-22(24(30)32)28-23(31)17-10-6-7-14-13-26-29-20(14)17/h2-13,22H,1H3,(H,26,29)(H,28,31). The zero-order chi connectivity index (χ0) is 22.2. The van der Waals surface area contributed by atoms with Gasteiger partial charge in [-0.3, -0.25) is 14.7 Å². The Morgan fingerprint density at radius 3 is 2.59 bits per heavy atom. The van der Waals surface area contributed by atoms with E-state index in [0.29, 0.717) is 28.0 Å². The van der Waals surface area contributed by atoms with Gasteiger partial charge >= 0.3 is 0 Å². The summed E-state index contributed by atoms with van der Waals surface area (Å²) < 4.78 is 14.7. The molecule has 1 aromatic heterocycles. The van der Waals surface area contributed by atoms with Crippen LogP contribution in [0.4, 0.5) is 10.1 Å². The first-order valence-electron chi connectivity index (χ1n) is 9.97. The van der Waals surface area contributed by atoms with Crippen molar-refractivity contribution in [2.75, 3.05) is 11.9 Å². The van der Waals surface area contributed by atoms with E-state index in [2.05, 4.69) is 20.5 Å². The maximum absolute atomic E-state index is 14.7. The molecule has 8 heteroatoms. The number of carbonyl (C=O) groups is 2. The van der Waals surface area contributed by atoms with Crippen LogP contribution in [0.1, 0.15) is 21.5 Å². The lowest BCUT2D eigenvalue weighted by Crippen LogP contribution is -2.46. The van der Waals surface area contributed by atoms with E-state index in [1.807, 2.05) is 6.07 Å². The van der Waals surface area contributed by atoms with Gasteiger partial charge in [0.25, 0.3) is 11.8 Å². The number of hydrogen-bond donors (Lipinski definition) is 2. The summed E-state index contributed by atoms with van der Waals surface area (Å²) in [5, 5.41) is 10.2. The number of halogens is 1. The zero-order valence-corrected chi connectivity index (χ0v) is 17.0. The van der Waals surface area contributed by atoms with Crippen LogP contribution in [0.25, 0.3) is 10.9 Å². The Hall–Kier alpha value is -4.33. The van der Waals surface area contributed by atoms with Gasteiger partial charge in [0.15, 0.2) is 0 Å². The molecular weight excluding hydrogens is 409 g/mol. The van der Waals surface area contributed by atoms with Crippen LogP contribution >= 0.6 is 0 Å². The number of anilines is 1. The number of benzodiazepines with no additional fused rings is 1. The minimum absolute atomic E-state index is 0.248. The first-order valence-corrected chi connectivity index (χ1v) is 9.97. The molecule has 2 N–H and O–H groups in total. The van der Waals surface area contributed by atoms with Crippen LogP contribution in [-0.2, 0) is 4.79 Å². The van der Waals surface area contributed by atoms with E-state index in [1.54, 1.807) is 67.8 Å². The maximum Gasteiger partial charge on any atom is 0.272 e. The fourth-order valence-corrected chi connectivity index (χ4v) is 3.84. The number of likely N-dealkylation sites (N-methyl/N-ethyl adjacent to an activating group) is 1. The number of nitrogens with zero attached hydrogens (tertiary/aromatic N) is 3. The van der Waals surface area contributed by atoms with Crippen molar-refractivity contribution < 1.29 is 14.0 Å². The van der Waals surface area contributed by atoms with Crippen molar-refractivity contribution >= 4 is 34.1 Å². The predicted octanol–water partition coefficient (Wildman–Crippen LogP) is 3.27. The molecule has 1 aliphatic heterocycles. The molecule has 1 aliphatic rings. The van der Waals surface area contributed by atoms with Crippen molar-refractivity contribution in [1.29, 1.82) is 0 Å². The largest absolute Gasteiger partial charge is 0.322 e. The number of nitrogens with one attached hydrogen (secondary N) is 2. The van der Waals surface area contributed by atoms with Crippen LogP contribution in [0.5, 0.6) is 0 Å². The first kappa shape index (κ1) is 19.6. The molecule has 2 heterocycles. The molecule has 1 atom stereocenters. The van der Waals surface area contributed by atoms with Crippen LogP contribution < -0.4 is 10.2 Å². The highest BCUT2D eigenvalue weighted by atomic mass is 19.1. The molecule has 4 aromatic rings. The second-order valence-electron chi connectivity index (χ2n) is 7.39. The summed E-state index contributed by atoms with van der Waals surface area (Å²) in [6, 6.07) is 18.5. The van der Waals surface area contributed by atoms with Crippen LogP contribution in [0.2, 0.25) is 0 Å². The highest BCUT2D eigenvalue weighted by molar-refractivity contribution is 6.20. The fourth-order valence-electron chi connectivity index (χ4n) is 3.84. The van der Waals surface area contributed by atoms with Crippen molar-refractivity contribution in [3.63, 3.8) is 0 Å². The molecule has 0 radical (unpaired) electrons. The third kappa shape index (κ3) is 3.22. The van der Waals surface area contributed by atoms with E-state index in [0.717, 1.165) is 5.39 Å². The van der Waals surface area contributed by atoms with Gasteiger partial charge in [0.1, 0.15) is 5.82 Å². The number of fused-ring (bicyclic) bond motifs is 2. The summed E-state index contributed by atoms with van der Waals surface area (Å²) in [5.41, 5.74) is 2.60. The van der Waals surface area contributed by atoms with Crippen LogP contribution in [-0.4, -0.2) is 40.9 Å². The summed E-state index contributed by atoms with van der Waals surface area (Å²) in [4.78, 5) is 32.3. The van der Waals surface area contributed by atoms with Gasteiger partial charge in [-0.2, -0.15) is 5.10 Å². The number of aromatic amines is 1. The Balaban J connectivity index is 1.61. The Bertz CT molecular complexity index is 1390. The lowest BCUT2D eigenvalue weighted by Gasteiger charge is -2.21. The topological polar surface area (TPSA) is 90.5 Å². The molecular formula is C24H18FN5O2. The van der Waals surface area contributed by atoms with E-state index in [9.17, 15) is 14.0 Å². The Morgan fingerprint density at radius 1 is 1.03 bits per heavy atom. The summed E-state index contributed by atoms with van der Waals surface area (Å²) in [6.07, 6.45) is 0.370. The number of aliphatic imine (C=N–C) groups is 1. The predicted molar refractivity (Wildman–Crippen MR) is 119 cm³/mol. The van der Waals surface area contributed by atoms with Crippen molar-refractivity contribution in [3.05, 3.63) is 95.4 Å². The summed E-state index contributed by atoms with van der Waals surface area (Å²) in [6.45, 7) is 0. The zero-order valence-electron chi connectivity index (χ0n) is 17.0. The number of H-pyrrole nitrogens is 1. The highest BCUT2D eigenvalue weighted by Gasteiger charge is 2.32. The van der Waals surface area contributed by atoms with Crippen LogP contribution in [0.15, 0.2) is 77.9 Å². The van der Waals surface area contributed by atoms with Gasteiger partial charge in [0.05, 0.1) is 28.7 Å². The van der Waals surface area contributed by atoms with E-state index in [1.165, 1.54) is 11.0 Å². The third-order valence-corrected chi connectivity index (χ3v) is 5.46. The molecule has 2 amide bonds. The number of amides is 2. The molecule has 3 aromatic carbocycles. The van der Waals surface area contributed by atoms with Gasteiger partial charge in [0.2, 0.25) is 6.17 Å². The Labute approximate surface area is 182 Å². The van der Waals surface area contributed by atoms with Gasteiger partial charge in [-0.05, 0) is 24.3 Å². The van der Waals surface area contributed by atoms with Crippen molar-refractivity contribution in [1.82, 2.24) is 15.5 Å². The number of hydrogen-bond acceptors (Lipinski definition) is 4. The Morgan fingerprint density at radius 2 is 1.78 bits per heavy atom. The smallest absolute Gasteiger partial charge is 0.272 e. The van der Waals surface area contributed by atoms with Gasteiger partial charge in [-0.15, -0.1) is 0 Å². The Kier molecular flexibility index (Phi) is 4.74. The van der Waals surface area contributed by atoms with E-state index >= 15 is 0 Å². The van der Waals surface area contributed by atoms with Crippen molar-refractivity contribution in [2.45, 2.75) is 6.17 Å². The quantitative estimate of drug-likeness (QED) is 0.526. The number of aromatic nitrogens is 2. The van der Waals surface area contributed by atoms with Crippen molar-refractivity contribution in [2.24, 2.45) is 4.99 Å². The number of carbonyl (C=O) groups excluding carboxylic acids is 2. The second-order valence-corrected chi connectivity index (χ2v) is 7.39. The molecule has 158 valence electrons. The minimum atomic E-state index is -1.24. The van der Waals surface area contributed by atoms with Crippen molar-refractivity contribution in [3.8, 4) is 0 Å². The molecule has 5 rings (SSSR count). The monoisotopic (exact) mass is 427 g/mol. The fraction of sp³-hybridized carbons (Fsp3) is 0.0833. The normalized spacial score (nSPS) is 15.8. The summed E-state index contributed by atoms with van der Waals surface area (Å²) in [5.74, 6) is -1.39. The van der Waals surface area contributed by atoms with Gasteiger partial charge in [-0.25, -0.2) is 9.38 Å². The SMILES string of the molecule is CN1C(=O)C(NC(=O)c2cccc3cn[nH]c23)N=C(c2ccccc2F)c2ccccc21. The third-order valence-electron chi connectivity index (χ3n) is 5.46. The number of benzene rings is 3. The molecule has 0 aliphatic carbocycles. The lowest BCUT2D eigenvalue weighted by atomic mass is 10.00. The van der Waals surface area contributed by atoms with Crippen LogP contribution in [0, 0.1) is 5.82 Å². The van der Waals surface area contributed by atoms with Crippen LogP contribution in [0.3, 0.4) is 0 Å². The molecule has 0 bridgehead atoms. The maximum atomic E-state index is 14.7. The van der Waals surface area contributed by atoms with Gasteiger partial charge < -0.3 is 10.2 Å². The molecule has 0 saturated carbocycles. The van der Waals surface area contributed by atoms with E-state index in [4.69, 9.17) is 0 Å². The molecule has 1 unspecified atom stereocenters. The number of para-hydroxylation sites is 2. The van der Waals surface area contributed by atoms with E-state index < -0.39 is 23.8 Å². The van der Waals surface area contributed by atoms with Gasteiger partial charge in [0, 0.05) is 23.6 Å². The number of rotatable bonds is 3. The molecule has 32 heavy (non-hydrogen) atoms. The van der Waals surface area contributed by atoms with E-state index in [-0.39, 0.29) is 5.56 Å². The first-order chi connectivity index (χ1) is 15.5. The average Bonchev–Trinajstić information content (AvgIpc) is 3.27.